The number of rotatable bonds is 8. The van der Waals surface area contributed by atoms with E-state index in [1.165, 1.54) is 12.1 Å². The van der Waals surface area contributed by atoms with Gasteiger partial charge in [0.25, 0.3) is 0 Å². The van der Waals surface area contributed by atoms with Crippen molar-refractivity contribution in [3.05, 3.63) is 83.9 Å². The standard InChI is InChI=1S/C27H24F3NO2/c28-27(29,30)23-16-20(12-13-22(23)19-8-4-2-5-9-19)25-17-21-15-18(11-14-24(21)31-25)7-3-1-6-10-26(32)33/h2,4-5,8-9,11-17,31H,1,3,6-7,10H2,(H,32,33). The Labute approximate surface area is 189 Å². The predicted octanol–water partition coefficient (Wildman–Crippen LogP) is 7.71. The number of benzene rings is 3. The van der Waals surface area contributed by atoms with E-state index in [1.54, 1.807) is 36.4 Å². The highest BCUT2D eigenvalue weighted by atomic mass is 19.4. The molecule has 0 fully saturated rings. The van der Waals surface area contributed by atoms with Crippen molar-refractivity contribution < 1.29 is 23.1 Å². The van der Waals surface area contributed by atoms with Crippen LogP contribution in [-0.4, -0.2) is 16.1 Å². The van der Waals surface area contributed by atoms with Crippen LogP contribution in [0.5, 0.6) is 0 Å². The minimum Gasteiger partial charge on any atom is -0.481 e. The van der Waals surface area contributed by atoms with Crippen LogP contribution in [0.15, 0.2) is 72.8 Å². The third kappa shape index (κ3) is 5.45. The summed E-state index contributed by atoms with van der Waals surface area (Å²) in [5, 5.41) is 9.65. The second kappa shape index (κ2) is 9.53. The van der Waals surface area contributed by atoms with Crippen LogP contribution < -0.4 is 0 Å². The second-order valence-electron chi connectivity index (χ2n) is 8.18. The molecule has 0 aliphatic heterocycles. The summed E-state index contributed by atoms with van der Waals surface area (Å²) in [5.74, 6) is -0.776. The van der Waals surface area contributed by atoms with E-state index >= 15 is 0 Å². The summed E-state index contributed by atoms with van der Waals surface area (Å²) in [6.45, 7) is 0. The minimum absolute atomic E-state index is 0.160. The summed E-state index contributed by atoms with van der Waals surface area (Å²) < 4.78 is 41.6. The molecular formula is C27H24F3NO2. The fraction of sp³-hybridized carbons (Fsp3) is 0.222. The maximum atomic E-state index is 13.9. The quantitative estimate of drug-likeness (QED) is 0.270. The van der Waals surface area contributed by atoms with E-state index in [0.717, 1.165) is 35.7 Å². The number of carbonyl (C=O) groups is 1. The van der Waals surface area contributed by atoms with Gasteiger partial charge < -0.3 is 10.1 Å². The van der Waals surface area contributed by atoms with Gasteiger partial charge >= 0.3 is 12.1 Å². The molecule has 33 heavy (non-hydrogen) atoms. The molecule has 4 rings (SSSR count). The van der Waals surface area contributed by atoms with Crippen molar-refractivity contribution in [2.45, 2.75) is 38.3 Å². The largest absolute Gasteiger partial charge is 0.481 e. The minimum atomic E-state index is -4.47. The van der Waals surface area contributed by atoms with E-state index in [-0.39, 0.29) is 12.0 Å². The molecule has 0 aliphatic rings. The average Bonchev–Trinajstić information content (AvgIpc) is 3.22. The summed E-state index contributed by atoms with van der Waals surface area (Å²) in [7, 11) is 0. The van der Waals surface area contributed by atoms with Crippen LogP contribution in [0, 0.1) is 0 Å². The Morgan fingerprint density at radius 3 is 2.36 bits per heavy atom. The molecule has 0 radical (unpaired) electrons. The number of carboxylic acids is 1. The third-order valence-electron chi connectivity index (χ3n) is 5.76. The van der Waals surface area contributed by atoms with Gasteiger partial charge in [-0.1, -0.05) is 55.0 Å². The normalized spacial score (nSPS) is 11.7. The van der Waals surface area contributed by atoms with Crippen molar-refractivity contribution >= 4 is 16.9 Å². The number of aryl methyl sites for hydroxylation is 1. The smallest absolute Gasteiger partial charge is 0.417 e. The van der Waals surface area contributed by atoms with Crippen LogP contribution in [-0.2, 0) is 17.4 Å². The van der Waals surface area contributed by atoms with E-state index in [4.69, 9.17) is 5.11 Å². The maximum Gasteiger partial charge on any atom is 0.417 e. The monoisotopic (exact) mass is 451 g/mol. The van der Waals surface area contributed by atoms with Crippen LogP contribution in [0.2, 0.25) is 0 Å². The summed E-state index contributed by atoms with van der Waals surface area (Å²) in [5.41, 5.74) is 3.13. The Bertz CT molecular complexity index is 1260. The molecule has 3 nitrogen and oxygen atoms in total. The Hall–Kier alpha value is -3.54. The molecule has 0 saturated heterocycles. The van der Waals surface area contributed by atoms with Crippen LogP contribution in [0.3, 0.4) is 0 Å². The first kappa shape index (κ1) is 22.6. The molecule has 6 heteroatoms. The summed E-state index contributed by atoms with van der Waals surface area (Å²) >= 11 is 0. The molecule has 1 heterocycles. The second-order valence-corrected chi connectivity index (χ2v) is 8.18. The van der Waals surface area contributed by atoms with Crippen molar-refractivity contribution in [1.29, 1.82) is 0 Å². The highest BCUT2D eigenvalue weighted by Gasteiger charge is 2.34. The van der Waals surface area contributed by atoms with Crippen LogP contribution in [0.4, 0.5) is 13.2 Å². The van der Waals surface area contributed by atoms with Crippen molar-refractivity contribution in [2.24, 2.45) is 0 Å². The number of nitrogens with one attached hydrogen (secondary N) is 1. The van der Waals surface area contributed by atoms with Gasteiger partial charge in [-0.15, -0.1) is 0 Å². The number of hydrogen-bond acceptors (Lipinski definition) is 1. The zero-order valence-electron chi connectivity index (χ0n) is 18.0. The molecule has 0 aliphatic carbocycles. The van der Waals surface area contributed by atoms with Gasteiger partial charge in [0.05, 0.1) is 5.56 Å². The van der Waals surface area contributed by atoms with Crippen LogP contribution in [0.1, 0.15) is 36.8 Å². The molecule has 0 saturated carbocycles. The number of H-pyrrole nitrogens is 1. The molecule has 1 aromatic heterocycles. The number of alkyl halides is 3. The van der Waals surface area contributed by atoms with Gasteiger partial charge in [-0.05, 0) is 65.8 Å². The number of carboxylic acid groups (broad SMARTS) is 1. The van der Waals surface area contributed by atoms with Gasteiger partial charge in [0.1, 0.15) is 0 Å². The fourth-order valence-corrected chi connectivity index (χ4v) is 4.09. The number of aromatic amines is 1. The number of aromatic nitrogens is 1. The Kier molecular flexibility index (Phi) is 6.54. The first-order valence-electron chi connectivity index (χ1n) is 10.9. The number of halogens is 3. The Balaban J connectivity index is 1.59. The lowest BCUT2D eigenvalue weighted by Crippen LogP contribution is -2.07. The molecule has 0 unspecified atom stereocenters. The van der Waals surface area contributed by atoms with E-state index in [0.29, 0.717) is 23.2 Å². The average molecular weight is 451 g/mol. The van der Waals surface area contributed by atoms with Gasteiger partial charge in [-0.25, -0.2) is 0 Å². The zero-order valence-corrected chi connectivity index (χ0v) is 18.0. The SMILES string of the molecule is O=C(O)CCCCCc1ccc2[nH]c(-c3ccc(-c4ccccc4)c(C(F)(F)F)c3)cc2c1. The Morgan fingerprint density at radius 1 is 0.848 bits per heavy atom. The number of hydrogen-bond donors (Lipinski definition) is 2. The van der Waals surface area contributed by atoms with Crippen molar-refractivity contribution in [2.75, 3.05) is 0 Å². The predicted molar refractivity (Wildman–Crippen MR) is 124 cm³/mol. The summed E-state index contributed by atoms with van der Waals surface area (Å²) in [4.78, 5) is 13.8. The third-order valence-corrected chi connectivity index (χ3v) is 5.76. The summed E-state index contributed by atoms with van der Waals surface area (Å²) in [6.07, 6.45) is -1.06. The number of fused-ring (bicyclic) bond motifs is 1. The van der Waals surface area contributed by atoms with E-state index in [2.05, 4.69) is 4.98 Å². The first-order chi connectivity index (χ1) is 15.8. The molecule has 0 bridgehead atoms. The summed E-state index contributed by atoms with van der Waals surface area (Å²) in [6, 6.07) is 20.9. The first-order valence-corrected chi connectivity index (χ1v) is 10.9. The topological polar surface area (TPSA) is 53.1 Å². The number of unbranched alkanes of at least 4 members (excludes halogenated alkanes) is 2. The van der Waals surface area contributed by atoms with Gasteiger partial charge in [0, 0.05) is 23.0 Å². The molecule has 0 amide bonds. The van der Waals surface area contributed by atoms with Crippen LogP contribution >= 0.6 is 0 Å². The Morgan fingerprint density at radius 2 is 1.64 bits per heavy atom. The van der Waals surface area contributed by atoms with Gasteiger partial charge in [0.15, 0.2) is 0 Å². The lowest BCUT2D eigenvalue weighted by molar-refractivity contribution is -0.138. The highest BCUT2D eigenvalue weighted by molar-refractivity contribution is 5.87. The zero-order chi connectivity index (χ0) is 23.4. The number of aliphatic carboxylic acids is 1. The van der Waals surface area contributed by atoms with Gasteiger partial charge in [0.2, 0.25) is 0 Å². The lowest BCUT2D eigenvalue weighted by Gasteiger charge is -2.14. The molecule has 0 atom stereocenters. The molecular weight excluding hydrogens is 427 g/mol. The van der Waals surface area contributed by atoms with E-state index < -0.39 is 17.7 Å². The lowest BCUT2D eigenvalue weighted by atomic mass is 9.96. The molecule has 0 spiro atoms. The molecule has 2 N–H and O–H groups in total. The molecule has 3 aromatic carbocycles. The van der Waals surface area contributed by atoms with Gasteiger partial charge in [-0.3, -0.25) is 4.79 Å². The van der Waals surface area contributed by atoms with Crippen molar-refractivity contribution in [3.63, 3.8) is 0 Å². The molecule has 4 aromatic rings. The highest BCUT2D eigenvalue weighted by Crippen LogP contribution is 2.39. The van der Waals surface area contributed by atoms with Crippen molar-refractivity contribution in [3.8, 4) is 22.4 Å². The van der Waals surface area contributed by atoms with Gasteiger partial charge in [-0.2, -0.15) is 13.2 Å². The fourth-order valence-electron chi connectivity index (χ4n) is 4.09. The van der Waals surface area contributed by atoms with Crippen molar-refractivity contribution in [1.82, 2.24) is 4.98 Å². The van der Waals surface area contributed by atoms with E-state index in [1.807, 2.05) is 24.3 Å². The van der Waals surface area contributed by atoms with Crippen LogP contribution in [0.25, 0.3) is 33.3 Å². The molecule has 170 valence electrons. The maximum absolute atomic E-state index is 13.9. The van der Waals surface area contributed by atoms with E-state index in [9.17, 15) is 18.0 Å².